The van der Waals surface area contributed by atoms with Gasteiger partial charge < -0.3 is 14.8 Å². The van der Waals surface area contributed by atoms with Crippen molar-refractivity contribution in [3.05, 3.63) is 59.7 Å². The first-order chi connectivity index (χ1) is 12.5. The van der Waals surface area contributed by atoms with Crippen LogP contribution < -0.4 is 10.1 Å². The number of anilines is 1. The quantitative estimate of drug-likeness (QED) is 0.579. The summed E-state index contributed by atoms with van der Waals surface area (Å²) in [5.41, 5.74) is 1.29. The van der Waals surface area contributed by atoms with Crippen molar-refractivity contribution < 1.29 is 23.9 Å². The number of rotatable bonds is 8. The van der Waals surface area contributed by atoms with Gasteiger partial charge >= 0.3 is 5.97 Å². The molecule has 26 heavy (non-hydrogen) atoms. The number of benzene rings is 2. The zero-order valence-electron chi connectivity index (χ0n) is 14.8. The lowest BCUT2D eigenvalue weighted by atomic mass is 10.1. The zero-order chi connectivity index (χ0) is 18.9. The Morgan fingerprint density at radius 1 is 1.00 bits per heavy atom. The molecule has 6 heteroatoms. The first-order valence-corrected chi connectivity index (χ1v) is 8.30. The molecule has 0 unspecified atom stereocenters. The van der Waals surface area contributed by atoms with Crippen LogP contribution in [-0.4, -0.2) is 30.9 Å². The van der Waals surface area contributed by atoms with Gasteiger partial charge in [-0.15, -0.1) is 0 Å². The Labute approximate surface area is 152 Å². The molecule has 0 saturated heterocycles. The molecular formula is C20H21NO5. The second-order valence-corrected chi connectivity index (χ2v) is 5.63. The van der Waals surface area contributed by atoms with Crippen molar-refractivity contribution in [2.45, 2.75) is 20.3 Å². The molecule has 0 radical (unpaired) electrons. The van der Waals surface area contributed by atoms with Crippen LogP contribution in [-0.2, 0) is 9.53 Å². The first-order valence-electron chi connectivity index (χ1n) is 8.30. The lowest BCUT2D eigenvalue weighted by molar-refractivity contribution is -0.119. The molecule has 2 rings (SSSR count). The molecule has 0 aliphatic carbocycles. The second kappa shape index (κ2) is 9.36. The predicted octanol–water partition coefficient (Wildman–Crippen LogP) is 3.47. The normalized spacial score (nSPS) is 10.1. The molecule has 0 spiro atoms. The van der Waals surface area contributed by atoms with E-state index in [4.69, 9.17) is 9.47 Å². The molecule has 0 aliphatic rings. The highest BCUT2D eigenvalue weighted by molar-refractivity contribution is 5.98. The van der Waals surface area contributed by atoms with E-state index in [0.717, 1.165) is 6.42 Å². The lowest BCUT2D eigenvalue weighted by Crippen LogP contribution is -2.21. The molecular weight excluding hydrogens is 334 g/mol. The molecule has 6 nitrogen and oxygen atoms in total. The van der Waals surface area contributed by atoms with E-state index in [1.54, 1.807) is 48.5 Å². The summed E-state index contributed by atoms with van der Waals surface area (Å²) in [7, 11) is 0. The van der Waals surface area contributed by atoms with Crippen LogP contribution in [0.25, 0.3) is 0 Å². The molecule has 0 fully saturated rings. The van der Waals surface area contributed by atoms with Crippen molar-refractivity contribution in [2.75, 3.05) is 18.5 Å². The van der Waals surface area contributed by atoms with Crippen molar-refractivity contribution in [3.8, 4) is 5.75 Å². The lowest BCUT2D eigenvalue weighted by Gasteiger charge is -2.08. The van der Waals surface area contributed by atoms with Crippen LogP contribution in [0.5, 0.6) is 5.75 Å². The average Bonchev–Trinajstić information content (AvgIpc) is 2.65. The second-order valence-electron chi connectivity index (χ2n) is 5.63. The summed E-state index contributed by atoms with van der Waals surface area (Å²) in [6, 6.07) is 13.1. The largest absolute Gasteiger partial charge is 0.494 e. The number of ketones is 1. The third kappa shape index (κ3) is 5.73. The number of amides is 1. The van der Waals surface area contributed by atoms with Crippen LogP contribution in [0.3, 0.4) is 0 Å². The van der Waals surface area contributed by atoms with Crippen LogP contribution in [0, 0.1) is 0 Å². The number of carbonyl (C=O) groups excluding carboxylic acids is 3. The van der Waals surface area contributed by atoms with E-state index in [-0.39, 0.29) is 5.78 Å². The summed E-state index contributed by atoms with van der Waals surface area (Å²) in [4.78, 5) is 35.2. The van der Waals surface area contributed by atoms with Crippen molar-refractivity contribution in [2.24, 2.45) is 0 Å². The third-order valence-corrected chi connectivity index (χ3v) is 3.45. The predicted molar refractivity (Wildman–Crippen MR) is 97.6 cm³/mol. The van der Waals surface area contributed by atoms with E-state index in [1.165, 1.54) is 6.92 Å². The molecule has 2 aromatic carbocycles. The van der Waals surface area contributed by atoms with Gasteiger partial charge in [-0.3, -0.25) is 9.59 Å². The highest BCUT2D eigenvalue weighted by Gasteiger charge is 2.11. The van der Waals surface area contributed by atoms with Gasteiger partial charge in [0, 0.05) is 11.3 Å². The Balaban J connectivity index is 1.85. The summed E-state index contributed by atoms with van der Waals surface area (Å²) in [5, 5.41) is 2.59. The summed E-state index contributed by atoms with van der Waals surface area (Å²) in [5.74, 6) is -0.507. The minimum Gasteiger partial charge on any atom is -0.494 e. The minimum atomic E-state index is -0.598. The molecule has 1 amide bonds. The zero-order valence-corrected chi connectivity index (χ0v) is 14.8. The van der Waals surface area contributed by atoms with Gasteiger partial charge in [0.2, 0.25) is 0 Å². The van der Waals surface area contributed by atoms with Crippen LogP contribution >= 0.6 is 0 Å². The Bertz CT molecular complexity index is 783. The fourth-order valence-corrected chi connectivity index (χ4v) is 2.13. The number of hydrogen-bond acceptors (Lipinski definition) is 5. The van der Waals surface area contributed by atoms with E-state index in [1.807, 2.05) is 6.92 Å². The number of Topliss-reactive ketones (excluding diaryl/α,β-unsaturated/α-hetero) is 1. The summed E-state index contributed by atoms with van der Waals surface area (Å²) in [6.45, 7) is 3.64. The van der Waals surface area contributed by atoms with E-state index in [2.05, 4.69) is 5.32 Å². The van der Waals surface area contributed by atoms with Gasteiger partial charge in [-0.1, -0.05) is 19.1 Å². The van der Waals surface area contributed by atoms with Crippen LogP contribution in [0.1, 0.15) is 41.0 Å². The van der Waals surface area contributed by atoms with Crippen molar-refractivity contribution in [1.82, 2.24) is 0 Å². The molecule has 2 aromatic rings. The standard InChI is InChI=1S/C20H21NO5/c1-3-11-25-18-9-7-15(8-10-18)20(24)26-13-19(23)21-17-6-4-5-16(12-17)14(2)22/h4-10,12H,3,11,13H2,1-2H3,(H,21,23). The third-order valence-electron chi connectivity index (χ3n) is 3.45. The Kier molecular flexibility index (Phi) is 6.91. The number of esters is 1. The topological polar surface area (TPSA) is 81.7 Å². The van der Waals surface area contributed by atoms with Gasteiger partial charge in [0.25, 0.3) is 5.91 Å². The molecule has 136 valence electrons. The molecule has 1 N–H and O–H groups in total. The van der Waals surface area contributed by atoms with E-state index in [9.17, 15) is 14.4 Å². The van der Waals surface area contributed by atoms with Crippen LogP contribution in [0.2, 0.25) is 0 Å². The highest BCUT2D eigenvalue weighted by atomic mass is 16.5. The van der Waals surface area contributed by atoms with Crippen LogP contribution in [0.15, 0.2) is 48.5 Å². The Morgan fingerprint density at radius 3 is 2.38 bits per heavy atom. The molecule has 0 bridgehead atoms. The number of nitrogens with one attached hydrogen (secondary N) is 1. The number of ether oxygens (including phenoxy) is 2. The summed E-state index contributed by atoms with van der Waals surface area (Å²) < 4.78 is 10.4. The van der Waals surface area contributed by atoms with Gasteiger partial charge in [0.15, 0.2) is 12.4 Å². The van der Waals surface area contributed by atoms with Crippen molar-refractivity contribution in [1.29, 1.82) is 0 Å². The highest BCUT2D eigenvalue weighted by Crippen LogP contribution is 2.14. The smallest absolute Gasteiger partial charge is 0.338 e. The Hall–Kier alpha value is -3.15. The number of hydrogen-bond donors (Lipinski definition) is 1. The molecule has 0 saturated carbocycles. The monoisotopic (exact) mass is 355 g/mol. The molecule has 0 aliphatic heterocycles. The van der Waals surface area contributed by atoms with Crippen molar-refractivity contribution >= 4 is 23.3 Å². The molecule has 0 heterocycles. The van der Waals surface area contributed by atoms with Gasteiger partial charge in [-0.05, 0) is 49.7 Å². The maximum atomic E-state index is 12.0. The van der Waals surface area contributed by atoms with E-state index < -0.39 is 18.5 Å². The average molecular weight is 355 g/mol. The molecule has 0 atom stereocenters. The van der Waals surface area contributed by atoms with E-state index in [0.29, 0.717) is 29.2 Å². The van der Waals surface area contributed by atoms with Gasteiger partial charge in [-0.2, -0.15) is 0 Å². The first kappa shape index (κ1) is 19.2. The fraction of sp³-hybridized carbons (Fsp3) is 0.250. The number of carbonyl (C=O) groups is 3. The minimum absolute atomic E-state index is 0.0983. The van der Waals surface area contributed by atoms with Gasteiger partial charge in [0.05, 0.1) is 12.2 Å². The summed E-state index contributed by atoms with van der Waals surface area (Å²) >= 11 is 0. The maximum absolute atomic E-state index is 12.0. The Morgan fingerprint density at radius 2 is 1.73 bits per heavy atom. The van der Waals surface area contributed by atoms with Crippen LogP contribution in [0.4, 0.5) is 5.69 Å². The maximum Gasteiger partial charge on any atom is 0.338 e. The fourth-order valence-electron chi connectivity index (χ4n) is 2.13. The van der Waals surface area contributed by atoms with Gasteiger partial charge in [0.1, 0.15) is 5.75 Å². The van der Waals surface area contributed by atoms with Crippen molar-refractivity contribution in [3.63, 3.8) is 0 Å². The summed E-state index contributed by atoms with van der Waals surface area (Å²) in [6.07, 6.45) is 0.897. The SMILES string of the molecule is CCCOc1ccc(C(=O)OCC(=O)Nc2cccc(C(C)=O)c2)cc1. The molecule has 0 aromatic heterocycles. The van der Waals surface area contributed by atoms with Gasteiger partial charge in [-0.25, -0.2) is 4.79 Å². The van der Waals surface area contributed by atoms with E-state index >= 15 is 0 Å².